The van der Waals surface area contributed by atoms with Crippen molar-refractivity contribution in [2.24, 2.45) is 5.92 Å². The number of halogens is 1. The molecule has 0 saturated heterocycles. The third-order valence-corrected chi connectivity index (χ3v) is 4.72. The van der Waals surface area contributed by atoms with E-state index in [2.05, 4.69) is 17.1 Å². The molecule has 1 unspecified atom stereocenters. The standard InChI is InChI=1S/C17H22ClNO/c1-12-19-16-10-14-7-5-13(4-2-3-9-18)6-8-15(14)11-17(16)20-12/h10-11,13H,2-9H2,1H3. The Morgan fingerprint density at radius 2 is 1.95 bits per heavy atom. The summed E-state index contributed by atoms with van der Waals surface area (Å²) in [6, 6.07) is 4.45. The lowest BCUT2D eigenvalue weighted by molar-refractivity contribution is 0.417. The van der Waals surface area contributed by atoms with Crippen molar-refractivity contribution in [3.63, 3.8) is 0 Å². The van der Waals surface area contributed by atoms with Crippen molar-refractivity contribution in [2.45, 2.75) is 51.9 Å². The molecule has 0 spiro atoms. The zero-order valence-corrected chi connectivity index (χ0v) is 12.9. The molecule has 0 radical (unpaired) electrons. The highest BCUT2D eigenvalue weighted by Crippen LogP contribution is 2.30. The van der Waals surface area contributed by atoms with Gasteiger partial charge in [-0.3, -0.25) is 0 Å². The van der Waals surface area contributed by atoms with E-state index in [9.17, 15) is 0 Å². The highest BCUT2D eigenvalue weighted by molar-refractivity contribution is 6.17. The van der Waals surface area contributed by atoms with Gasteiger partial charge in [-0.15, -0.1) is 11.6 Å². The minimum absolute atomic E-state index is 0.763. The van der Waals surface area contributed by atoms with Crippen LogP contribution in [0.2, 0.25) is 0 Å². The SMILES string of the molecule is Cc1nc2cc3c(cc2o1)CCC(CCCCCl)CC3. The molecule has 0 bridgehead atoms. The van der Waals surface area contributed by atoms with Gasteiger partial charge in [-0.25, -0.2) is 4.98 Å². The molecule has 0 saturated carbocycles. The van der Waals surface area contributed by atoms with Gasteiger partial charge in [0.2, 0.25) is 0 Å². The number of oxazole rings is 1. The number of nitrogens with zero attached hydrogens (tertiary/aromatic N) is 1. The van der Waals surface area contributed by atoms with Crippen molar-refractivity contribution in [3.8, 4) is 0 Å². The second-order valence-electron chi connectivity index (χ2n) is 5.95. The number of fused-ring (bicyclic) bond motifs is 2. The zero-order chi connectivity index (χ0) is 13.9. The summed E-state index contributed by atoms with van der Waals surface area (Å²) < 4.78 is 5.66. The van der Waals surface area contributed by atoms with Crippen LogP contribution in [0.5, 0.6) is 0 Å². The van der Waals surface area contributed by atoms with Crippen LogP contribution in [0.25, 0.3) is 11.1 Å². The quantitative estimate of drug-likeness (QED) is 0.448. The summed E-state index contributed by atoms with van der Waals surface area (Å²) in [5.41, 5.74) is 4.91. The highest BCUT2D eigenvalue weighted by atomic mass is 35.5. The lowest BCUT2D eigenvalue weighted by Gasteiger charge is -2.12. The Morgan fingerprint density at radius 1 is 1.20 bits per heavy atom. The van der Waals surface area contributed by atoms with E-state index in [0.29, 0.717) is 0 Å². The molecule has 108 valence electrons. The molecule has 0 N–H and O–H groups in total. The van der Waals surface area contributed by atoms with E-state index in [1.54, 1.807) is 0 Å². The molecule has 1 aromatic heterocycles. The number of hydrogen-bond donors (Lipinski definition) is 0. The number of benzene rings is 1. The molecule has 20 heavy (non-hydrogen) atoms. The van der Waals surface area contributed by atoms with Crippen LogP contribution in [0.1, 0.15) is 49.1 Å². The van der Waals surface area contributed by atoms with Crippen molar-refractivity contribution in [2.75, 3.05) is 5.88 Å². The summed E-state index contributed by atoms with van der Waals surface area (Å²) in [7, 11) is 0. The zero-order valence-electron chi connectivity index (χ0n) is 12.1. The molecule has 3 rings (SSSR count). The summed E-state index contributed by atoms with van der Waals surface area (Å²) in [5, 5.41) is 0. The first-order valence-corrected chi connectivity index (χ1v) is 8.24. The molecule has 2 nitrogen and oxygen atoms in total. The molecule has 3 heteroatoms. The third kappa shape index (κ3) is 3.01. The van der Waals surface area contributed by atoms with Crippen LogP contribution in [0.4, 0.5) is 0 Å². The van der Waals surface area contributed by atoms with Crippen LogP contribution in [-0.4, -0.2) is 10.9 Å². The Hall–Kier alpha value is -1.02. The number of rotatable bonds is 4. The van der Waals surface area contributed by atoms with Crippen LogP contribution in [0, 0.1) is 12.8 Å². The van der Waals surface area contributed by atoms with E-state index in [1.807, 2.05) is 6.92 Å². The summed E-state index contributed by atoms with van der Waals surface area (Å²) in [5.74, 6) is 2.42. The van der Waals surface area contributed by atoms with E-state index in [-0.39, 0.29) is 0 Å². The second-order valence-corrected chi connectivity index (χ2v) is 6.33. The Balaban J connectivity index is 1.73. The molecule has 0 fully saturated rings. The van der Waals surface area contributed by atoms with E-state index in [0.717, 1.165) is 35.2 Å². The molecule has 1 aromatic carbocycles. The number of aryl methyl sites for hydroxylation is 3. The molecule has 1 atom stereocenters. The maximum atomic E-state index is 5.77. The molecule has 2 aromatic rings. The minimum Gasteiger partial charge on any atom is -0.441 e. The van der Waals surface area contributed by atoms with Gasteiger partial charge in [-0.2, -0.15) is 0 Å². The fourth-order valence-electron chi connectivity index (χ4n) is 3.32. The van der Waals surface area contributed by atoms with Crippen molar-refractivity contribution < 1.29 is 4.42 Å². The van der Waals surface area contributed by atoms with Crippen LogP contribution < -0.4 is 0 Å². The second kappa shape index (κ2) is 6.17. The van der Waals surface area contributed by atoms with E-state index in [1.165, 1.54) is 49.7 Å². The lowest BCUT2D eigenvalue weighted by Crippen LogP contribution is -2.00. The first-order chi connectivity index (χ1) is 9.76. The van der Waals surface area contributed by atoms with Gasteiger partial charge >= 0.3 is 0 Å². The molecule has 0 aliphatic heterocycles. The fraction of sp³-hybridized carbons (Fsp3) is 0.588. The largest absolute Gasteiger partial charge is 0.441 e. The highest BCUT2D eigenvalue weighted by Gasteiger charge is 2.17. The van der Waals surface area contributed by atoms with Gasteiger partial charge in [-0.05, 0) is 61.3 Å². The first kappa shape index (κ1) is 13.9. The Bertz CT molecular complexity index is 545. The van der Waals surface area contributed by atoms with Gasteiger partial charge < -0.3 is 4.42 Å². The van der Waals surface area contributed by atoms with Crippen molar-refractivity contribution in [1.29, 1.82) is 0 Å². The van der Waals surface area contributed by atoms with Crippen LogP contribution in [-0.2, 0) is 12.8 Å². The number of alkyl halides is 1. The van der Waals surface area contributed by atoms with Crippen molar-refractivity contribution in [1.82, 2.24) is 4.98 Å². The van der Waals surface area contributed by atoms with Gasteiger partial charge in [0.05, 0.1) is 0 Å². The normalized spacial score (nSPS) is 19.0. The Kier molecular flexibility index (Phi) is 4.30. The Morgan fingerprint density at radius 3 is 2.70 bits per heavy atom. The third-order valence-electron chi connectivity index (χ3n) is 4.46. The molecular formula is C17H22ClNO. The number of aromatic nitrogens is 1. The Labute approximate surface area is 125 Å². The average molecular weight is 292 g/mol. The van der Waals surface area contributed by atoms with Crippen molar-refractivity contribution >= 4 is 22.7 Å². The molecule has 1 aliphatic rings. The predicted molar refractivity (Wildman–Crippen MR) is 83.4 cm³/mol. The molecule has 1 aliphatic carbocycles. The minimum atomic E-state index is 0.763. The van der Waals surface area contributed by atoms with E-state index >= 15 is 0 Å². The maximum absolute atomic E-state index is 5.77. The molecular weight excluding hydrogens is 270 g/mol. The summed E-state index contributed by atoms with van der Waals surface area (Å²) >= 11 is 5.77. The average Bonchev–Trinajstić information content (AvgIpc) is 2.67. The van der Waals surface area contributed by atoms with Crippen LogP contribution in [0.15, 0.2) is 16.5 Å². The summed E-state index contributed by atoms with van der Waals surface area (Å²) in [4.78, 5) is 4.45. The van der Waals surface area contributed by atoms with Gasteiger partial charge in [0.15, 0.2) is 11.5 Å². The lowest BCUT2D eigenvalue weighted by atomic mass is 9.94. The fourth-order valence-corrected chi connectivity index (χ4v) is 3.51. The summed E-state index contributed by atoms with van der Waals surface area (Å²) in [6.07, 6.45) is 8.72. The van der Waals surface area contributed by atoms with Crippen LogP contribution in [0.3, 0.4) is 0 Å². The monoisotopic (exact) mass is 291 g/mol. The number of hydrogen-bond acceptors (Lipinski definition) is 2. The molecule has 0 amide bonds. The first-order valence-electron chi connectivity index (χ1n) is 7.71. The van der Waals surface area contributed by atoms with Crippen LogP contribution >= 0.6 is 11.6 Å². The van der Waals surface area contributed by atoms with Gasteiger partial charge in [0.1, 0.15) is 5.52 Å². The topological polar surface area (TPSA) is 26.0 Å². The summed E-state index contributed by atoms with van der Waals surface area (Å²) in [6.45, 7) is 1.91. The maximum Gasteiger partial charge on any atom is 0.192 e. The predicted octanol–water partition coefficient (Wildman–Crippen LogP) is 5.04. The van der Waals surface area contributed by atoms with Crippen molar-refractivity contribution in [3.05, 3.63) is 29.2 Å². The van der Waals surface area contributed by atoms with E-state index < -0.39 is 0 Å². The molecule has 1 heterocycles. The number of unbranched alkanes of at least 4 members (excludes halogenated alkanes) is 1. The van der Waals surface area contributed by atoms with Gasteiger partial charge in [0, 0.05) is 12.8 Å². The van der Waals surface area contributed by atoms with Gasteiger partial charge in [0.25, 0.3) is 0 Å². The van der Waals surface area contributed by atoms with Gasteiger partial charge in [-0.1, -0.05) is 12.8 Å². The van der Waals surface area contributed by atoms with E-state index in [4.69, 9.17) is 16.0 Å². The smallest absolute Gasteiger partial charge is 0.192 e.